The van der Waals surface area contributed by atoms with E-state index < -0.39 is 0 Å². The fraction of sp³-hybridized carbons (Fsp3) is 0.545. The minimum atomic E-state index is 0.740. The van der Waals surface area contributed by atoms with Crippen LogP contribution in [0.1, 0.15) is 23.9 Å². The van der Waals surface area contributed by atoms with Gasteiger partial charge in [-0.1, -0.05) is 5.92 Å². The van der Waals surface area contributed by atoms with Gasteiger partial charge in [-0.25, -0.2) is 0 Å². The molecule has 1 heterocycles. The van der Waals surface area contributed by atoms with Gasteiger partial charge in [-0.15, -0.1) is 5.92 Å². The van der Waals surface area contributed by atoms with E-state index >= 15 is 0 Å². The van der Waals surface area contributed by atoms with Crippen LogP contribution in [0, 0.1) is 25.7 Å². The first-order valence-electron chi connectivity index (χ1n) is 4.76. The predicted octanol–water partition coefficient (Wildman–Crippen LogP) is 1.15. The fourth-order valence-electron chi connectivity index (χ4n) is 1.41. The average molecular weight is 191 g/mol. The third-order valence-corrected chi connectivity index (χ3v) is 2.35. The summed E-state index contributed by atoms with van der Waals surface area (Å²) in [5.41, 5.74) is 3.60. The van der Waals surface area contributed by atoms with E-state index in [-0.39, 0.29) is 0 Å². The van der Waals surface area contributed by atoms with E-state index in [0.29, 0.717) is 0 Å². The summed E-state index contributed by atoms with van der Waals surface area (Å²) in [4.78, 5) is 0. The molecule has 0 aliphatic heterocycles. The maximum absolute atomic E-state index is 4.35. The Morgan fingerprint density at radius 3 is 2.64 bits per heavy atom. The summed E-state index contributed by atoms with van der Waals surface area (Å²) in [6, 6.07) is 0. The van der Waals surface area contributed by atoms with Crippen LogP contribution in [0.25, 0.3) is 0 Å². The van der Waals surface area contributed by atoms with E-state index in [0.717, 1.165) is 18.8 Å². The molecule has 1 aromatic rings. The second kappa shape index (κ2) is 4.83. The lowest BCUT2D eigenvalue weighted by Crippen LogP contribution is -2.14. The molecule has 3 nitrogen and oxygen atoms in total. The van der Waals surface area contributed by atoms with Gasteiger partial charge in [-0.2, -0.15) is 5.10 Å². The number of hydrogen-bond acceptors (Lipinski definition) is 2. The Morgan fingerprint density at radius 1 is 1.43 bits per heavy atom. The minimum Gasteiger partial charge on any atom is -0.302 e. The van der Waals surface area contributed by atoms with Gasteiger partial charge in [0.2, 0.25) is 0 Å². The second-order valence-corrected chi connectivity index (χ2v) is 3.30. The van der Waals surface area contributed by atoms with Gasteiger partial charge in [-0.3, -0.25) is 4.68 Å². The van der Waals surface area contributed by atoms with E-state index in [9.17, 15) is 0 Å². The molecule has 0 saturated heterocycles. The molecule has 76 valence electrons. The average Bonchev–Trinajstić information content (AvgIpc) is 2.38. The Labute approximate surface area is 85.5 Å². The van der Waals surface area contributed by atoms with Crippen LogP contribution < -0.4 is 5.32 Å². The van der Waals surface area contributed by atoms with Crippen molar-refractivity contribution < 1.29 is 0 Å². The van der Waals surface area contributed by atoms with Gasteiger partial charge in [-0.05, 0) is 20.8 Å². The van der Waals surface area contributed by atoms with Crippen LogP contribution in [0.2, 0.25) is 0 Å². The lowest BCUT2D eigenvalue weighted by atomic mass is 10.2. The summed E-state index contributed by atoms with van der Waals surface area (Å²) in [5, 5.41) is 7.62. The van der Waals surface area contributed by atoms with Crippen molar-refractivity contribution in [3.05, 3.63) is 17.0 Å². The van der Waals surface area contributed by atoms with Crippen LogP contribution in [0.4, 0.5) is 0 Å². The minimum absolute atomic E-state index is 0.740. The predicted molar refractivity (Wildman–Crippen MR) is 57.8 cm³/mol. The lowest BCUT2D eigenvalue weighted by molar-refractivity contribution is 0.724. The van der Waals surface area contributed by atoms with E-state index in [1.54, 1.807) is 0 Å². The van der Waals surface area contributed by atoms with Crippen molar-refractivity contribution in [1.82, 2.24) is 15.1 Å². The molecule has 0 bridgehead atoms. The Balaban J connectivity index is 2.61. The number of aryl methyl sites for hydroxylation is 2. The van der Waals surface area contributed by atoms with Crippen LogP contribution in [0.3, 0.4) is 0 Å². The summed E-state index contributed by atoms with van der Waals surface area (Å²) in [6.07, 6.45) is 0. The van der Waals surface area contributed by atoms with E-state index in [4.69, 9.17) is 0 Å². The van der Waals surface area contributed by atoms with Crippen LogP contribution >= 0.6 is 0 Å². The van der Waals surface area contributed by atoms with Gasteiger partial charge < -0.3 is 5.32 Å². The summed E-state index contributed by atoms with van der Waals surface area (Å²) in [7, 11) is 1.97. The van der Waals surface area contributed by atoms with Gasteiger partial charge >= 0.3 is 0 Å². The molecule has 1 rings (SSSR count). The van der Waals surface area contributed by atoms with Crippen molar-refractivity contribution >= 4 is 0 Å². The molecule has 1 aromatic heterocycles. The quantitative estimate of drug-likeness (QED) is 0.574. The highest BCUT2D eigenvalue weighted by molar-refractivity contribution is 5.24. The third kappa shape index (κ3) is 2.36. The third-order valence-electron chi connectivity index (χ3n) is 2.35. The van der Waals surface area contributed by atoms with Crippen LogP contribution in [0.15, 0.2) is 0 Å². The molecule has 0 amide bonds. The van der Waals surface area contributed by atoms with Gasteiger partial charge in [0.1, 0.15) is 0 Å². The SMILES string of the molecule is CC#CCNCc1c(C)nn(C)c1C. The Hall–Kier alpha value is -1.27. The summed E-state index contributed by atoms with van der Waals surface area (Å²) in [5.74, 6) is 5.83. The van der Waals surface area contributed by atoms with Crippen molar-refractivity contribution in [2.75, 3.05) is 6.54 Å². The first-order chi connectivity index (χ1) is 6.66. The first-order valence-corrected chi connectivity index (χ1v) is 4.76. The van der Waals surface area contributed by atoms with Gasteiger partial charge in [0.15, 0.2) is 0 Å². The Bertz CT molecular complexity index is 366. The summed E-state index contributed by atoms with van der Waals surface area (Å²) >= 11 is 0. The molecule has 0 radical (unpaired) electrons. The normalized spacial score (nSPS) is 9.71. The topological polar surface area (TPSA) is 29.9 Å². The smallest absolute Gasteiger partial charge is 0.0641 e. The molecule has 1 N–H and O–H groups in total. The van der Waals surface area contributed by atoms with Gasteiger partial charge in [0.25, 0.3) is 0 Å². The number of nitrogens with one attached hydrogen (secondary N) is 1. The first kappa shape index (κ1) is 10.8. The molecule has 0 aliphatic rings. The second-order valence-electron chi connectivity index (χ2n) is 3.30. The highest BCUT2D eigenvalue weighted by atomic mass is 15.3. The highest BCUT2D eigenvalue weighted by Gasteiger charge is 2.07. The number of aromatic nitrogens is 2. The number of rotatable bonds is 3. The fourth-order valence-corrected chi connectivity index (χ4v) is 1.41. The molecule has 3 heteroatoms. The summed E-state index contributed by atoms with van der Waals surface area (Å²) in [6.45, 7) is 7.56. The van der Waals surface area contributed by atoms with Crippen molar-refractivity contribution in [2.24, 2.45) is 7.05 Å². The Morgan fingerprint density at radius 2 is 2.14 bits per heavy atom. The number of hydrogen-bond donors (Lipinski definition) is 1. The molecule has 0 aromatic carbocycles. The molecule has 0 spiro atoms. The van der Waals surface area contributed by atoms with Crippen LogP contribution in [0.5, 0.6) is 0 Å². The van der Waals surface area contributed by atoms with E-state index in [1.165, 1.54) is 11.3 Å². The molecule has 0 saturated carbocycles. The zero-order valence-corrected chi connectivity index (χ0v) is 9.31. The maximum atomic E-state index is 4.35. The van der Waals surface area contributed by atoms with E-state index in [2.05, 4.69) is 29.2 Å². The van der Waals surface area contributed by atoms with Crippen molar-refractivity contribution in [2.45, 2.75) is 27.3 Å². The van der Waals surface area contributed by atoms with Crippen molar-refractivity contribution in [1.29, 1.82) is 0 Å². The van der Waals surface area contributed by atoms with Gasteiger partial charge in [0.05, 0.1) is 12.2 Å². The Kier molecular flexibility index (Phi) is 3.73. The van der Waals surface area contributed by atoms with E-state index in [1.807, 2.05) is 25.6 Å². The molecule has 0 fully saturated rings. The zero-order valence-electron chi connectivity index (χ0n) is 9.31. The monoisotopic (exact) mass is 191 g/mol. The van der Waals surface area contributed by atoms with Crippen molar-refractivity contribution in [3.8, 4) is 11.8 Å². The maximum Gasteiger partial charge on any atom is 0.0641 e. The molecule has 0 atom stereocenters. The highest BCUT2D eigenvalue weighted by Crippen LogP contribution is 2.10. The molecule has 0 aliphatic carbocycles. The van der Waals surface area contributed by atoms with Gasteiger partial charge in [0, 0.05) is 24.8 Å². The van der Waals surface area contributed by atoms with Crippen LogP contribution in [-0.4, -0.2) is 16.3 Å². The largest absolute Gasteiger partial charge is 0.302 e. The van der Waals surface area contributed by atoms with Crippen molar-refractivity contribution in [3.63, 3.8) is 0 Å². The standard InChI is InChI=1S/C11H17N3/c1-5-6-7-12-8-11-9(2)13-14(4)10(11)3/h12H,7-8H2,1-4H3. The molecule has 14 heavy (non-hydrogen) atoms. The van der Waals surface area contributed by atoms with Crippen LogP contribution in [-0.2, 0) is 13.6 Å². The zero-order chi connectivity index (χ0) is 10.6. The lowest BCUT2D eigenvalue weighted by Gasteiger charge is -2.01. The molecular formula is C11H17N3. The molecular weight excluding hydrogens is 174 g/mol. The summed E-state index contributed by atoms with van der Waals surface area (Å²) < 4.78 is 1.91. The number of nitrogens with zero attached hydrogens (tertiary/aromatic N) is 2. The molecule has 0 unspecified atom stereocenters.